The van der Waals surface area contributed by atoms with Crippen LogP contribution in [0.4, 0.5) is 0 Å². The molecule has 1 saturated heterocycles. The number of nitrogens with zero attached hydrogens (tertiary/aromatic N) is 3. The number of aromatic nitrogens is 3. The SMILES string of the molecule is COc1cc2c(C)cc3n[nH]c(=O)n3c2cc1-c1ccc(C(=O)N2CCCCC2)cc1. The van der Waals surface area contributed by atoms with E-state index in [0.717, 1.165) is 53.5 Å². The third-order valence-electron chi connectivity index (χ3n) is 6.11. The van der Waals surface area contributed by atoms with E-state index >= 15 is 0 Å². The minimum atomic E-state index is -0.279. The van der Waals surface area contributed by atoms with Crippen molar-refractivity contribution >= 4 is 22.5 Å². The molecule has 0 aliphatic carbocycles. The minimum Gasteiger partial charge on any atom is -0.496 e. The number of piperidine rings is 1. The number of nitrogens with one attached hydrogen (secondary N) is 1. The third kappa shape index (κ3) is 3.26. The molecule has 1 aliphatic heterocycles. The zero-order valence-electron chi connectivity index (χ0n) is 17.6. The van der Waals surface area contributed by atoms with Crippen molar-refractivity contribution in [3.05, 3.63) is 64.1 Å². The van der Waals surface area contributed by atoms with Crippen LogP contribution in [0.25, 0.3) is 27.7 Å². The zero-order chi connectivity index (χ0) is 21.5. The lowest BCUT2D eigenvalue weighted by Crippen LogP contribution is -2.35. The first-order chi connectivity index (χ1) is 15.1. The molecule has 1 fully saturated rings. The second-order valence-electron chi connectivity index (χ2n) is 8.05. The Balaban J connectivity index is 1.60. The summed E-state index contributed by atoms with van der Waals surface area (Å²) >= 11 is 0. The van der Waals surface area contributed by atoms with Crippen LogP contribution in [0, 0.1) is 6.92 Å². The number of hydrogen-bond acceptors (Lipinski definition) is 4. The highest BCUT2D eigenvalue weighted by Crippen LogP contribution is 2.35. The molecule has 0 bridgehead atoms. The Kier molecular flexibility index (Phi) is 4.73. The fourth-order valence-electron chi connectivity index (χ4n) is 4.45. The minimum absolute atomic E-state index is 0.0824. The van der Waals surface area contributed by atoms with Crippen molar-refractivity contribution in [2.24, 2.45) is 0 Å². The van der Waals surface area contributed by atoms with E-state index in [4.69, 9.17) is 4.74 Å². The van der Waals surface area contributed by atoms with Crippen LogP contribution in [0.5, 0.6) is 5.75 Å². The number of aromatic amines is 1. The average Bonchev–Trinajstić information content (AvgIpc) is 3.19. The molecule has 7 heteroatoms. The van der Waals surface area contributed by atoms with Crippen molar-refractivity contribution in [2.75, 3.05) is 20.2 Å². The van der Waals surface area contributed by atoms with Gasteiger partial charge in [-0.05, 0) is 67.6 Å². The lowest BCUT2D eigenvalue weighted by molar-refractivity contribution is 0.0724. The number of aryl methyl sites for hydroxylation is 1. The quantitative estimate of drug-likeness (QED) is 0.551. The Morgan fingerprint density at radius 2 is 1.81 bits per heavy atom. The molecular formula is C24H24N4O3. The second-order valence-corrected chi connectivity index (χ2v) is 8.05. The Morgan fingerprint density at radius 1 is 1.06 bits per heavy atom. The monoisotopic (exact) mass is 416 g/mol. The highest BCUT2D eigenvalue weighted by Gasteiger charge is 2.19. The number of pyridine rings is 1. The summed E-state index contributed by atoms with van der Waals surface area (Å²) in [6.07, 6.45) is 3.33. The van der Waals surface area contributed by atoms with E-state index in [0.29, 0.717) is 17.0 Å². The highest BCUT2D eigenvalue weighted by atomic mass is 16.5. The number of carbonyl (C=O) groups excluding carboxylic acids is 1. The van der Waals surface area contributed by atoms with Gasteiger partial charge in [0.2, 0.25) is 0 Å². The molecule has 1 amide bonds. The Bertz CT molecular complexity index is 1350. The van der Waals surface area contributed by atoms with E-state index in [1.807, 2.05) is 54.3 Å². The second kappa shape index (κ2) is 7.58. The fourth-order valence-corrected chi connectivity index (χ4v) is 4.45. The molecule has 2 aromatic carbocycles. The van der Waals surface area contributed by atoms with Crippen molar-refractivity contribution in [3.63, 3.8) is 0 Å². The van der Waals surface area contributed by atoms with Crippen LogP contribution in [-0.2, 0) is 0 Å². The van der Waals surface area contributed by atoms with E-state index < -0.39 is 0 Å². The maximum Gasteiger partial charge on any atom is 0.348 e. The summed E-state index contributed by atoms with van der Waals surface area (Å²) in [7, 11) is 1.64. The van der Waals surface area contributed by atoms with Gasteiger partial charge in [0.15, 0.2) is 5.65 Å². The first-order valence-corrected chi connectivity index (χ1v) is 10.5. The van der Waals surface area contributed by atoms with Crippen LogP contribution in [0.1, 0.15) is 35.2 Å². The van der Waals surface area contributed by atoms with Crippen molar-refractivity contribution in [1.82, 2.24) is 19.5 Å². The number of fused-ring (bicyclic) bond motifs is 3. The Hall–Kier alpha value is -3.61. The zero-order valence-corrected chi connectivity index (χ0v) is 17.6. The number of carbonyl (C=O) groups is 1. The molecule has 3 heterocycles. The number of likely N-dealkylation sites (tertiary alicyclic amines) is 1. The van der Waals surface area contributed by atoms with Gasteiger partial charge in [-0.1, -0.05) is 12.1 Å². The van der Waals surface area contributed by atoms with Gasteiger partial charge >= 0.3 is 5.69 Å². The molecule has 0 atom stereocenters. The summed E-state index contributed by atoms with van der Waals surface area (Å²) in [4.78, 5) is 27.1. The number of rotatable bonds is 3. The van der Waals surface area contributed by atoms with Crippen molar-refractivity contribution < 1.29 is 9.53 Å². The Morgan fingerprint density at radius 3 is 2.52 bits per heavy atom. The molecule has 1 aliphatic rings. The molecule has 0 saturated carbocycles. The van der Waals surface area contributed by atoms with E-state index in [1.54, 1.807) is 11.5 Å². The number of ether oxygens (including phenoxy) is 1. The van der Waals surface area contributed by atoms with Crippen LogP contribution in [-0.4, -0.2) is 45.6 Å². The van der Waals surface area contributed by atoms with Crippen LogP contribution in [0.2, 0.25) is 0 Å². The number of methoxy groups -OCH3 is 1. The number of H-pyrrole nitrogens is 1. The lowest BCUT2D eigenvalue weighted by atomic mass is 9.99. The van der Waals surface area contributed by atoms with Gasteiger partial charge in [0, 0.05) is 29.6 Å². The van der Waals surface area contributed by atoms with Gasteiger partial charge in [0.1, 0.15) is 5.75 Å². The maximum absolute atomic E-state index is 12.8. The predicted molar refractivity (Wildman–Crippen MR) is 120 cm³/mol. The van der Waals surface area contributed by atoms with Crippen LogP contribution < -0.4 is 10.4 Å². The summed E-state index contributed by atoms with van der Waals surface area (Å²) < 4.78 is 7.24. The van der Waals surface area contributed by atoms with Crippen LogP contribution >= 0.6 is 0 Å². The first-order valence-electron chi connectivity index (χ1n) is 10.5. The molecule has 31 heavy (non-hydrogen) atoms. The van der Waals surface area contributed by atoms with Gasteiger partial charge in [-0.3, -0.25) is 4.79 Å². The topological polar surface area (TPSA) is 79.7 Å². The predicted octanol–water partition coefficient (Wildman–Crippen LogP) is 3.79. The molecule has 1 N–H and O–H groups in total. The summed E-state index contributed by atoms with van der Waals surface area (Å²) in [6.45, 7) is 3.64. The van der Waals surface area contributed by atoms with Gasteiger partial charge in [-0.25, -0.2) is 14.3 Å². The van der Waals surface area contributed by atoms with Gasteiger partial charge in [0.05, 0.1) is 12.6 Å². The maximum atomic E-state index is 12.8. The third-order valence-corrected chi connectivity index (χ3v) is 6.11. The highest BCUT2D eigenvalue weighted by molar-refractivity contribution is 5.96. The molecule has 0 unspecified atom stereocenters. The largest absolute Gasteiger partial charge is 0.496 e. The van der Waals surface area contributed by atoms with E-state index in [2.05, 4.69) is 10.2 Å². The van der Waals surface area contributed by atoms with Crippen molar-refractivity contribution in [3.8, 4) is 16.9 Å². The van der Waals surface area contributed by atoms with Gasteiger partial charge in [0.25, 0.3) is 5.91 Å². The van der Waals surface area contributed by atoms with Gasteiger partial charge < -0.3 is 9.64 Å². The number of amides is 1. The normalized spacial score (nSPS) is 14.3. The molecule has 4 aromatic rings. The summed E-state index contributed by atoms with van der Waals surface area (Å²) in [5.74, 6) is 0.792. The molecule has 0 radical (unpaired) electrons. The molecule has 7 nitrogen and oxygen atoms in total. The molecule has 158 valence electrons. The molecule has 5 rings (SSSR count). The fraction of sp³-hybridized carbons (Fsp3) is 0.292. The molecule has 0 spiro atoms. The lowest BCUT2D eigenvalue weighted by Gasteiger charge is -2.26. The van der Waals surface area contributed by atoms with Crippen molar-refractivity contribution in [1.29, 1.82) is 0 Å². The number of benzene rings is 2. The van der Waals surface area contributed by atoms with E-state index in [1.165, 1.54) is 6.42 Å². The first kappa shape index (κ1) is 19.4. The van der Waals surface area contributed by atoms with Gasteiger partial charge in [-0.15, -0.1) is 0 Å². The van der Waals surface area contributed by atoms with E-state index in [9.17, 15) is 9.59 Å². The van der Waals surface area contributed by atoms with E-state index in [-0.39, 0.29) is 11.6 Å². The Labute approximate surface area is 179 Å². The summed E-state index contributed by atoms with van der Waals surface area (Å²) in [5, 5.41) is 7.55. The molecular weight excluding hydrogens is 392 g/mol. The molecule has 2 aromatic heterocycles. The standard InChI is InChI=1S/C24H24N4O3/c1-15-12-22-25-26-24(30)28(22)20-13-19(21(31-2)14-18(15)20)16-6-8-17(9-7-16)23(29)27-10-4-3-5-11-27/h6-9,12-14H,3-5,10-11H2,1-2H3,(H,26,30). The summed E-state index contributed by atoms with van der Waals surface area (Å²) in [6, 6.07) is 13.4. The van der Waals surface area contributed by atoms with Crippen LogP contribution in [0.3, 0.4) is 0 Å². The van der Waals surface area contributed by atoms with Crippen molar-refractivity contribution in [2.45, 2.75) is 26.2 Å². The average molecular weight is 416 g/mol. The van der Waals surface area contributed by atoms with Gasteiger partial charge in [-0.2, -0.15) is 5.10 Å². The summed E-state index contributed by atoms with van der Waals surface area (Å²) in [5.41, 5.74) is 4.53. The smallest absolute Gasteiger partial charge is 0.348 e. The van der Waals surface area contributed by atoms with Crippen LogP contribution in [0.15, 0.2) is 47.3 Å². The number of hydrogen-bond donors (Lipinski definition) is 1.